The van der Waals surface area contributed by atoms with Crippen molar-refractivity contribution in [2.24, 2.45) is 0 Å². The molecule has 3 aromatic rings. The maximum absolute atomic E-state index is 12.4. The Balaban J connectivity index is 1.56. The van der Waals surface area contributed by atoms with E-state index in [1.807, 2.05) is 36.4 Å². The lowest BCUT2D eigenvalue weighted by molar-refractivity contribution is -0.140. The normalized spacial score (nSPS) is 10.1. The number of carbonyl (C=O) groups is 3. The molecule has 0 fully saturated rings. The number of esters is 3. The highest BCUT2D eigenvalue weighted by atomic mass is 16.5. The molecule has 0 aliphatic rings. The van der Waals surface area contributed by atoms with Crippen LogP contribution in [0.1, 0.15) is 28.4 Å². The molecule has 0 saturated carbocycles. The summed E-state index contributed by atoms with van der Waals surface area (Å²) in [7, 11) is 0. The molecule has 0 aliphatic carbocycles. The van der Waals surface area contributed by atoms with E-state index >= 15 is 0 Å². The molecular formula is C28H24O6. The molecule has 0 atom stereocenters. The monoisotopic (exact) mass is 456 g/mol. The summed E-state index contributed by atoms with van der Waals surface area (Å²) in [5, 5.41) is 0. The van der Waals surface area contributed by atoms with Gasteiger partial charge in [0.25, 0.3) is 0 Å². The second-order valence-corrected chi connectivity index (χ2v) is 7.48. The smallest absolute Gasteiger partial charge is 0.343 e. The predicted octanol–water partition coefficient (Wildman–Crippen LogP) is 5.42. The van der Waals surface area contributed by atoms with Crippen LogP contribution in [0.5, 0.6) is 5.75 Å². The number of ether oxygens (including phenoxy) is 3. The number of rotatable bonds is 9. The van der Waals surface area contributed by atoms with E-state index in [0.29, 0.717) is 16.9 Å². The van der Waals surface area contributed by atoms with Gasteiger partial charge in [0, 0.05) is 11.6 Å². The van der Waals surface area contributed by atoms with Crippen molar-refractivity contribution in [1.82, 2.24) is 0 Å². The van der Waals surface area contributed by atoms with Gasteiger partial charge in [-0.2, -0.15) is 0 Å². The Labute approximate surface area is 198 Å². The lowest BCUT2D eigenvalue weighted by Gasteiger charge is -2.08. The van der Waals surface area contributed by atoms with Crippen molar-refractivity contribution in [3.8, 4) is 16.9 Å². The molecule has 0 saturated heterocycles. The van der Waals surface area contributed by atoms with Crippen molar-refractivity contribution < 1.29 is 28.6 Å². The number of benzene rings is 3. The highest BCUT2D eigenvalue weighted by molar-refractivity contribution is 5.91. The van der Waals surface area contributed by atoms with Crippen LogP contribution in [0.15, 0.2) is 97.6 Å². The zero-order chi connectivity index (χ0) is 24.5. The van der Waals surface area contributed by atoms with Crippen LogP contribution >= 0.6 is 0 Å². The van der Waals surface area contributed by atoms with E-state index < -0.39 is 17.9 Å². The Morgan fingerprint density at radius 1 is 0.765 bits per heavy atom. The molecule has 0 heterocycles. The molecule has 3 aromatic carbocycles. The largest absolute Gasteiger partial charge is 0.458 e. The van der Waals surface area contributed by atoms with E-state index in [-0.39, 0.29) is 13.2 Å². The summed E-state index contributed by atoms with van der Waals surface area (Å²) in [4.78, 5) is 35.0. The van der Waals surface area contributed by atoms with Gasteiger partial charge in [-0.25, -0.2) is 14.4 Å². The van der Waals surface area contributed by atoms with Crippen molar-refractivity contribution >= 4 is 17.9 Å². The van der Waals surface area contributed by atoms with Crippen LogP contribution in [0.25, 0.3) is 11.1 Å². The first kappa shape index (κ1) is 24.2. The van der Waals surface area contributed by atoms with Crippen LogP contribution in [0, 0.1) is 0 Å². The summed E-state index contributed by atoms with van der Waals surface area (Å²) in [6.07, 6.45) is 1.09. The molecule has 0 aromatic heterocycles. The predicted molar refractivity (Wildman–Crippen MR) is 128 cm³/mol. The highest BCUT2D eigenvalue weighted by Gasteiger charge is 2.10. The Morgan fingerprint density at radius 3 is 1.79 bits per heavy atom. The SMILES string of the molecule is C=CC(=O)OCc1ccc(C(=O)Oc2ccc(-c3ccc(COC(=O)C(=C)C)cc3)cc2)cc1. The molecule has 172 valence electrons. The highest BCUT2D eigenvalue weighted by Crippen LogP contribution is 2.24. The van der Waals surface area contributed by atoms with Gasteiger partial charge in [0.15, 0.2) is 0 Å². The van der Waals surface area contributed by atoms with Gasteiger partial charge < -0.3 is 14.2 Å². The zero-order valence-corrected chi connectivity index (χ0v) is 18.8. The van der Waals surface area contributed by atoms with Gasteiger partial charge in [-0.15, -0.1) is 0 Å². The van der Waals surface area contributed by atoms with Crippen LogP contribution < -0.4 is 4.74 Å². The van der Waals surface area contributed by atoms with Crippen molar-refractivity contribution in [2.75, 3.05) is 0 Å². The van der Waals surface area contributed by atoms with Crippen molar-refractivity contribution in [3.05, 3.63) is 114 Å². The van der Waals surface area contributed by atoms with Gasteiger partial charge in [0.1, 0.15) is 19.0 Å². The average molecular weight is 456 g/mol. The minimum Gasteiger partial charge on any atom is -0.458 e. The van der Waals surface area contributed by atoms with Crippen molar-refractivity contribution in [1.29, 1.82) is 0 Å². The Hall–Kier alpha value is -4.45. The van der Waals surface area contributed by atoms with E-state index in [1.165, 1.54) is 0 Å². The topological polar surface area (TPSA) is 78.9 Å². The number of carbonyl (C=O) groups excluding carboxylic acids is 3. The first-order chi connectivity index (χ1) is 16.4. The lowest BCUT2D eigenvalue weighted by Crippen LogP contribution is -2.08. The molecular weight excluding hydrogens is 432 g/mol. The first-order valence-electron chi connectivity index (χ1n) is 10.5. The fourth-order valence-electron chi connectivity index (χ4n) is 2.90. The minimum atomic E-state index is -0.507. The van der Waals surface area contributed by atoms with Gasteiger partial charge in [0.05, 0.1) is 5.56 Å². The van der Waals surface area contributed by atoms with Crippen molar-refractivity contribution in [3.63, 3.8) is 0 Å². The molecule has 3 rings (SSSR count). The summed E-state index contributed by atoms with van der Waals surface area (Å²) in [6, 6.07) is 21.4. The third-order valence-corrected chi connectivity index (χ3v) is 4.81. The summed E-state index contributed by atoms with van der Waals surface area (Å²) >= 11 is 0. The zero-order valence-electron chi connectivity index (χ0n) is 18.8. The van der Waals surface area contributed by atoms with E-state index in [9.17, 15) is 14.4 Å². The van der Waals surface area contributed by atoms with E-state index in [1.54, 1.807) is 43.3 Å². The quantitative estimate of drug-likeness (QED) is 0.243. The average Bonchev–Trinajstić information content (AvgIpc) is 2.86. The first-order valence-corrected chi connectivity index (χ1v) is 10.5. The Morgan fingerprint density at radius 2 is 1.26 bits per heavy atom. The molecule has 0 aliphatic heterocycles. The number of hydrogen-bond donors (Lipinski definition) is 0. The third kappa shape index (κ3) is 6.77. The van der Waals surface area contributed by atoms with Gasteiger partial charge in [-0.05, 0) is 53.4 Å². The molecule has 6 nitrogen and oxygen atoms in total. The molecule has 0 radical (unpaired) electrons. The molecule has 0 spiro atoms. The van der Waals surface area contributed by atoms with E-state index in [4.69, 9.17) is 14.2 Å². The summed E-state index contributed by atoms with van der Waals surface area (Å²) in [5.41, 5.74) is 4.28. The maximum atomic E-state index is 12.4. The van der Waals surface area contributed by atoms with Gasteiger partial charge in [-0.3, -0.25) is 0 Å². The standard InChI is InChI=1S/C28H24O6/c1-4-26(29)32-17-20-7-11-24(12-8-20)28(31)34-25-15-13-23(14-16-25)22-9-5-21(6-10-22)18-33-27(30)19(2)3/h4-16H,1-2,17-18H2,3H3. The molecule has 6 heteroatoms. The molecule has 0 amide bonds. The Kier molecular flexibility index (Phi) is 8.13. The Bertz CT molecular complexity index is 1190. The van der Waals surface area contributed by atoms with Crippen LogP contribution in [-0.4, -0.2) is 17.9 Å². The fourth-order valence-corrected chi connectivity index (χ4v) is 2.90. The minimum absolute atomic E-state index is 0.0995. The number of hydrogen-bond acceptors (Lipinski definition) is 6. The lowest BCUT2D eigenvalue weighted by atomic mass is 10.0. The van der Waals surface area contributed by atoms with Crippen LogP contribution in [0.4, 0.5) is 0 Å². The van der Waals surface area contributed by atoms with Crippen molar-refractivity contribution in [2.45, 2.75) is 20.1 Å². The molecule has 0 N–H and O–H groups in total. The van der Waals surface area contributed by atoms with Crippen LogP contribution in [0.2, 0.25) is 0 Å². The molecule has 0 bridgehead atoms. The summed E-state index contributed by atoms with van der Waals surface area (Å²) < 4.78 is 15.6. The second kappa shape index (κ2) is 11.4. The summed E-state index contributed by atoms with van der Waals surface area (Å²) in [5.74, 6) is -0.997. The van der Waals surface area contributed by atoms with Gasteiger partial charge in [-0.1, -0.05) is 61.7 Å². The fraction of sp³-hybridized carbons (Fsp3) is 0.107. The molecule has 34 heavy (non-hydrogen) atoms. The van der Waals surface area contributed by atoms with Gasteiger partial charge in [0.2, 0.25) is 0 Å². The maximum Gasteiger partial charge on any atom is 0.343 e. The summed E-state index contributed by atoms with van der Waals surface area (Å²) in [6.45, 7) is 8.79. The third-order valence-electron chi connectivity index (χ3n) is 4.81. The van der Waals surface area contributed by atoms with E-state index in [0.717, 1.165) is 28.3 Å². The van der Waals surface area contributed by atoms with Gasteiger partial charge >= 0.3 is 17.9 Å². The van der Waals surface area contributed by atoms with E-state index in [2.05, 4.69) is 13.2 Å². The molecule has 0 unspecified atom stereocenters. The van der Waals surface area contributed by atoms with Crippen LogP contribution in [-0.2, 0) is 32.3 Å². The van der Waals surface area contributed by atoms with Crippen LogP contribution in [0.3, 0.4) is 0 Å². The second-order valence-electron chi connectivity index (χ2n) is 7.48.